The topological polar surface area (TPSA) is 234 Å². The number of likely N-dealkylation sites (tertiary alicyclic amines) is 2. The average Bonchev–Trinajstić information content (AvgIpc) is 3.66. The summed E-state index contributed by atoms with van der Waals surface area (Å²) < 4.78 is 0. The molecular weight excluding hydrogens is 598 g/mol. The Hall–Kier alpha value is -3.75. The van der Waals surface area contributed by atoms with E-state index < -0.39 is 71.8 Å². The molecule has 0 aromatic rings. The van der Waals surface area contributed by atoms with E-state index in [1.165, 1.54) is 9.80 Å². The molecule has 2 heterocycles. The Kier molecular flexibility index (Phi) is 14.4. The lowest BCUT2D eigenvalue weighted by Crippen LogP contribution is -2.60. The van der Waals surface area contributed by atoms with Crippen LogP contribution < -0.4 is 27.4 Å². The number of carboxylic acids is 1. The molecule has 2 aliphatic rings. The van der Waals surface area contributed by atoms with Gasteiger partial charge in [-0.3, -0.25) is 28.8 Å². The number of nitrogens with two attached hydrogens (primary N) is 2. The Morgan fingerprint density at radius 2 is 1.28 bits per heavy atom. The number of primary amides is 1. The van der Waals surface area contributed by atoms with Crippen LogP contribution >= 0.6 is 0 Å². The molecule has 0 aromatic carbocycles. The number of amides is 6. The maximum absolute atomic E-state index is 13.8. The second kappa shape index (κ2) is 17.2. The zero-order valence-corrected chi connectivity index (χ0v) is 27.9. The molecule has 2 rings (SSSR count). The van der Waals surface area contributed by atoms with E-state index in [9.17, 15) is 38.7 Å². The molecule has 0 radical (unpaired) electrons. The van der Waals surface area contributed by atoms with Crippen LogP contribution in [0.25, 0.3) is 0 Å². The fourth-order valence-electron chi connectivity index (χ4n) is 5.82. The summed E-state index contributed by atoms with van der Waals surface area (Å²) >= 11 is 0. The Bertz CT molecular complexity index is 1140. The van der Waals surface area contributed by atoms with Gasteiger partial charge in [0.05, 0.1) is 6.04 Å². The molecule has 6 atom stereocenters. The van der Waals surface area contributed by atoms with Crippen molar-refractivity contribution in [1.82, 2.24) is 25.8 Å². The van der Waals surface area contributed by atoms with Gasteiger partial charge in [0.25, 0.3) is 0 Å². The number of carbonyl (C=O) groups is 7. The number of rotatable bonds is 16. The SMILES string of the molecule is CC(C)C[C@H](NC(=O)[C@@H](N)C(C)C)C(=O)N1CCC[C@@H]1C(=O)N[C@H](C(=O)N1CCC[C@H]1C(=O)N[C@@H](CCC(N)=O)C(=O)O)C(C)C. The molecule has 15 nitrogen and oxygen atoms in total. The van der Waals surface area contributed by atoms with Crippen molar-refractivity contribution < 1.29 is 38.7 Å². The summed E-state index contributed by atoms with van der Waals surface area (Å²) in [4.78, 5) is 92.6. The number of carboxylic acid groups (broad SMARTS) is 1. The van der Waals surface area contributed by atoms with E-state index >= 15 is 0 Å². The second-order valence-electron chi connectivity index (χ2n) is 13.5. The Balaban J connectivity index is 2.18. The maximum Gasteiger partial charge on any atom is 0.326 e. The lowest BCUT2D eigenvalue weighted by molar-refractivity contribution is -0.146. The van der Waals surface area contributed by atoms with Crippen LogP contribution in [0.3, 0.4) is 0 Å². The maximum atomic E-state index is 13.8. The molecule has 0 unspecified atom stereocenters. The van der Waals surface area contributed by atoms with Crippen molar-refractivity contribution in [3.05, 3.63) is 0 Å². The molecule has 260 valence electrons. The summed E-state index contributed by atoms with van der Waals surface area (Å²) in [6.45, 7) is 11.5. The molecule has 0 bridgehead atoms. The van der Waals surface area contributed by atoms with E-state index in [1.807, 2.05) is 27.7 Å². The highest BCUT2D eigenvalue weighted by Crippen LogP contribution is 2.24. The lowest BCUT2D eigenvalue weighted by atomic mass is 9.99. The monoisotopic (exact) mass is 651 g/mol. The highest BCUT2D eigenvalue weighted by atomic mass is 16.4. The van der Waals surface area contributed by atoms with Crippen LogP contribution in [0, 0.1) is 17.8 Å². The van der Waals surface area contributed by atoms with Crippen LogP contribution in [0.15, 0.2) is 0 Å². The number of hydrogen-bond donors (Lipinski definition) is 6. The van der Waals surface area contributed by atoms with E-state index in [0.717, 1.165) is 0 Å². The number of carbonyl (C=O) groups excluding carboxylic acids is 6. The summed E-state index contributed by atoms with van der Waals surface area (Å²) in [5, 5.41) is 17.5. The van der Waals surface area contributed by atoms with Crippen molar-refractivity contribution in [2.24, 2.45) is 29.2 Å². The van der Waals surface area contributed by atoms with Gasteiger partial charge in [-0.1, -0.05) is 41.5 Å². The molecule has 2 fully saturated rings. The molecule has 0 saturated carbocycles. The molecule has 2 aliphatic heterocycles. The Labute approximate surface area is 270 Å². The normalized spacial score (nSPS) is 20.7. The van der Waals surface area contributed by atoms with E-state index in [1.54, 1.807) is 13.8 Å². The first-order valence-corrected chi connectivity index (χ1v) is 16.2. The van der Waals surface area contributed by atoms with Crippen LogP contribution in [0.5, 0.6) is 0 Å². The molecule has 0 aromatic heterocycles. The quantitative estimate of drug-likeness (QED) is 0.126. The third kappa shape index (κ3) is 10.4. The zero-order chi connectivity index (χ0) is 34.9. The third-order valence-electron chi connectivity index (χ3n) is 8.54. The van der Waals surface area contributed by atoms with Crippen LogP contribution in [0.1, 0.15) is 86.5 Å². The largest absolute Gasteiger partial charge is 0.480 e. The van der Waals surface area contributed by atoms with Gasteiger partial charge in [0.1, 0.15) is 30.2 Å². The molecule has 0 aliphatic carbocycles. The van der Waals surface area contributed by atoms with Crippen molar-refractivity contribution in [3.8, 4) is 0 Å². The van der Waals surface area contributed by atoms with Gasteiger partial charge in [0, 0.05) is 19.5 Å². The summed E-state index contributed by atoms with van der Waals surface area (Å²) in [6, 6.07) is -5.84. The molecule has 0 spiro atoms. The highest BCUT2D eigenvalue weighted by molar-refractivity contribution is 5.97. The van der Waals surface area contributed by atoms with Crippen LogP contribution in [-0.4, -0.2) is 106 Å². The van der Waals surface area contributed by atoms with Gasteiger partial charge in [0.2, 0.25) is 35.4 Å². The van der Waals surface area contributed by atoms with Crippen LogP contribution in [0.4, 0.5) is 0 Å². The lowest BCUT2D eigenvalue weighted by Gasteiger charge is -2.33. The van der Waals surface area contributed by atoms with Crippen molar-refractivity contribution >= 4 is 41.4 Å². The first kappa shape index (κ1) is 38.4. The first-order valence-electron chi connectivity index (χ1n) is 16.2. The smallest absolute Gasteiger partial charge is 0.326 e. The standard InChI is InChI=1S/C31H53N7O8/c1-16(2)15-20(35-28(42)24(33)17(3)4)29(43)37-13-7-10-22(37)27(41)36-25(18(5)6)30(44)38-14-8-9-21(38)26(40)34-19(31(45)46)11-12-23(32)39/h16-22,24-25H,7-15,33H2,1-6H3,(H2,32,39)(H,34,40)(H,35,42)(H,36,41)(H,45,46)/t19-,20-,21-,22+,24-,25-/m0/s1. The fourth-order valence-corrected chi connectivity index (χ4v) is 5.82. The first-order chi connectivity index (χ1) is 21.5. The van der Waals surface area contributed by atoms with Gasteiger partial charge in [0.15, 0.2) is 0 Å². The van der Waals surface area contributed by atoms with Crippen molar-refractivity contribution in [2.75, 3.05) is 13.1 Å². The summed E-state index contributed by atoms with van der Waals surface area (Å²) in [6.07, 6.45) is 1.67. The molecule has 6 amide bonds. The van der Waals surface area contributed by atoms with Gasteiger partial charge in [-0.25, -0.2) is 4.79 Å². The van der Waals surface area contributed by atoms with E-state index in [4.69, 9.17) is 11.5 Å². The van der Waals surface area contributed by atoms with Crippen LogP contribution in [0.2, 0.25) is 0 Å². The minimum absolute atomic E-state index is 0.0712. The van der Waals surface area contributed by atoms with Gasteiger partial charge >= 0.3 is 5.97 Å². The second-order valence-corrected chi connectivity index (χ2v) is 13.5. The predicted molar refractivity (Wildman–Crippen MR) is 168 cm³/mol. The van der Waals surface area contributed by atoms with E-state index in [-0.39, 0.29) is 43.0 Å². The summed E-state index contributed by atoms with van der Waals surface area (Å²) in [5.41, 5.74) is 11.1. The Morgan fingerprint density at radius 3 is 1.74 bits per heavy atom. The number of nitrogens with one attached hydrogen (secondary N) is 3. The molecule has 46 heavy (non-hydrogen) atoms. The highest BCUT2D eigenvalue weighted by Gasteiger charge is 2.43. The van der Waals surface area contributed by atoms with Crippen molar-refractivity contribution in [2.45, 2.75) is 123 Å². The minimum Gasteiger partial charge on any atom is -0.480 e. The molecule has 8 N–H and O–H groups in total. The van der Waals surface area contributed by atoms with Crippen molar-refractivity contribution in [1.29, 1.82) is 0 Å². The summed E-state index contributed by atoms with van der Waals surface area (Å²) in [5.74, 6) is -4.96. The minimum atomic E-state index is -1.35. The van der Waals surface area contributed by atoms with E-state index in [0.29, 0.717) is 38.6 Å². The average molecular weight is 652 g/mol. The van der Waals surface area contributed by atoms with Crippen LogP contribution in [-0.2, 0) is 33.6 Å². The van der Waals surface area contributed by atoms with Gasteiger partial charge in [-0.15, -0.1) is 0 Å². The molecule has 15 heteroatoms. The van der Waals surface area contributed by atoms with Gasteiger partial charge < -0.3 is 42.3 Å². The van der Waals surface area contributed by atoms with E-state index in [2.05, 4.69) is 16.0 Å². The zero-order valence-electron chi connectivity index (χ0n) is 27.9. The van der Waals surface area contributed by atoms with Crippen molar-refractivity contribution in [3.63, 3.8) is 0 Å². The molecular formula is C31H53N7O8. The van der Waals surface area contributed by atoms with Gasteiger partial charge in [-0.05, 0) is 56.3 Å². The number of nitrogens with zero attached hydrogens (tertiary/aromatic N) is 2. The van der Waals surface area contributed by atoms with Gasteiger partial charge in [-0.2, -0.15) is 0 Å². The third-order valence-corrected chi connectivity index (χ3v) is 8.54. The predicted octanol–water partition coefficient (Wildman–Crippen LogP) is -0.542. The number of aliphatic carboxylic acids is 1. The Morgan fingerprint density at radius 1 is 0.761 bits per heavy atom. The summed E-state index contributed by atoms with van der Waals surface area (Å²) in [7, 11) is 0. The number of hydrogen-bond acceptors (Lipinski definition) is 8. The molecule has 2 saturated heterocycles. The fraction of sp³-hybridized carbons (Fsp3) is 0.774.